The van der Waals surface area contributed by atoms with Crippen molar-refractivity contribution in [2.24, 2.45) is 10.8 Å². The quantitative estimate of drug-likeness (QED) is 0.814. The third kappa shape index (κ3) is 1.53. The summed E-state index contributed by atoms with van der Waals surface area (Å²) >= 11 is 0. The van der Waals surface area contributed by atoms with Gasteiger partial charge in [0.15, 0.2) is 5.60 Å². The minimum absolute atomic E-state index is 0.262. The second-order valence-corrected chi connectivity index (χ2v) is 7.71. The van der Waals surface area contributed by atoms with E-state index in [0.29, 0.717) is 19.4 Å². The number of hydrogen-bond acceptors (Lipinski definition) is 4. The number of hydrogen-bond donors (Lipinski definition) is 2. The molecule has 126 valence electrons. The van der Waals surface area contributed by atoms with Gasteiger partial charge in [-0.1, -0.05) is 38.1 Å². The third-order valence-corrected chi connectivity index (χ3v) is 6.56. The van der Waals surface area contributed by atoms with Crippen molar-refractivity contribution >= 4 is 17.7 Å². The van der Waals surface area contributed by atoms with Crippen molar-refractivity contribution in [1.29, 1.82) is 5.41 Å². The van der Waals surface area contributed by atoms with Crippen LogP contribution < -0.4 is 5.43 Å². The Morgan fingerprint density at radius 3 is 2.54 bits per heavy atom. The molecule has 0 unspecified atom stereocenters. The maximum absolute atomic E-state index is 13.1. The van der Waals surface area contributed by atoms with Crippen LogP contribution >= 0.6 is 0 Å². The first-order valence-electron chi connectivity index (χ1n) is 8.22. The topological polar surface area (TPSA) is 82.5 Å². The molecule has 2 bridgehead atoms. The molecule has 4 rings (SSSR count). The molecule has 2 N–H and O–H groups in total. The molecular formula is C18H21N3O3. The molecule has 1 amide bonds. The average molecular weight is 327 g/mol. The number of benzene rings is 1. The van der Waals surface area contributed by atoms with Crippen molar-refractivity contribution in [1.82, 2.24) is 10.4 Å². The Labute approximate surface area is 140 Å². The van der Waals surface area contributed by atoms with Crippen LogP contribution in [0.15, 0.2) is 24.3 Å². The highest BCUT2D eigenvalue weighted by atomic mass is 16.6. The lowest BCUT2D eigenvalue weighted by molar-refractivity contribution is -0.169. The molecule has 1 aromatic carbocycles. The van der Waals surface area contributed by atoms with Crippen molar-refractivity contribution in [2.45, 2.75) is 45.8 Å². The lowest BCUT2D eigenvalue weighted by atomic mass is 9.66. The number of fused-ring (bicyclic) bond motifs is 3. The number of carbonyl (C=O) groups excluding carboxylic acids is 2. The normalized spacial score (nSPS) is 32.7. The van der Waals surface area contributed by atoms with E-state index in [4.69, 9.17) is 10.1 Å². The monoisotopic (exact) mass is 327 g/mol. The van der Waals surface area contributed by atoms with Crippen molar-refractivity contribution in [3.8, 4) is 0 Å². The molecule has 1 aliphatic carbocycles. The number of hydrazine groups is 1. The number of amides is 1. The number of carbonyl (C=O) groups is 2. The predicted octanol–water partition coefficient (Wildman–Crippen LogP) is 1.98. The summed E-state index contributed by atoms with van der Waals surface area (Å²) in [4.78, 5) is 25.4. The van der Waals surface area contributed by atoms with Gasteiger partial charge < -0.3 is 4.74 Å². The zero-order valence-electron chi connectivity index (χ0n) is 14.1. The summed E-state index contributed by atoms with van der Waals surface area (Å²) in [6, 6.07) is 7.61. The molecule has 6 nitrogen and oxygen atoms in total. The lowest BCUT2D eigenvalue weighted by Crippen LogP contribution is -2.57. The zero-order chi connectivity index (χ0) is 17.3. The van der Waals surface area contributed by atoms with E-state index >= 15 is 0 Å². The van der Waals surface area contributed by atoms with E-state index in [9.17, 15) is 9.59 Å². The molecule has 0 radical (unpaired) electrons. The first kappa shape index (κ1) is 15.2. The summed E-state index contributed by atoms with van der Waals surface area (Å²) in [7, 11) is 0. The van der Waals surface area contributed by atoms with Gasteiger partial charge in [0, 0.05) is 11.0 Å². The fraction of sp³-hybridized carbons (Fsp3) is 0.500. The molecule has 24 heavy (non-hydrogen) atoms. The number of ether oxygens (including phenoxy) is 1. The Morgan fingerprint density at radius 1 is 1.25 bits per heavy atom. The van der Waals surface area contributed by atoms with E-state index in [-0.39, 0.29) is 17.7 Å². The summed E-state index contributed by atoms with van der Waals surface area (Å²) in [5.41, 5.74) is 2.26. The van der Waals surface area contributed by atoms with Gasteiger partial charge >= 0.3 is 5.97 Å². The molecule has 1 saturated heterocycles. The number of esters is 1. The van der Waals surface area contributed by atoms with Gasteiger partial charge in [0.1, 0.15) is 5.84 Å². The lowest BCUT2D eigenvalue weighted by Gasteiger charge is -2.36. The van der Waals surface area contributed by atoms with Gasteiger partial charge in [-0.15, -0.1) is 0 Å². The van der Waals surface area contributed by atoms with Gasteiger partial charge in [0.05, 0.1) is 12.0 Å². The summed E-state index contributed by atoms with van der Waals surface area (Å²) in [6.07, 6.45) is 1.16. The second-order valence-electron chi connectivity index (χ2n) is 7.71. The van der Waals surface area contributed by atoms with Crippen LogP contribution in [0.5, 0.6) is 0 Å². The van der Waals surface area contributed by atoms with E-state index < -0.39 is 16.4 Å². The summed E-state index contributed by atoms with van der Waals surface area (Å²) in [5, 5.41) is 9.79. The predicted molar refractivity (Wildman–Crippen MR) is 86.9 cm³/mol. The average Bonchev–Trinajstić information content (AvgIpc) is 3.01. The van der Waals surface area contributed by atoms with Crippen LogP contribution in [0.2, 0.25) is 0 Å². The molecule has 0 aromatic heterocycles. The molecule has 3 aliphatic rings. The van der Waals surface area contributed by atoms with Gasteiger partial charge in [-0.05, 0) is 25.3 Å². The van der Waals surface area contributed by atoms with Crippen LogP contribution in [-0.2, 0) is 20.9 Å². The highest BCUT2D eigenvalue weighted by molar-refractivity contribution is 6.02. The SMILES string of the molecule is CC1(C)[C@@]2(C(=O)NN3Cc4ccccc4C3=N)CC[C@]1(C)C(=O)O2. The number of nitrogens with zero attached hydrogens (tertiary/aromatic N) is 1. The van der Waals surface area contributed by atoms with Crippen LogP contribution in [0, 0.1) is 16.2 Å². The Bertz CT molecular complexity index is 787. The van der Waals surface area contributed by atoms with Crippen LogP contribution in [0.3, 0.4) is 0 Å². The van der Waals surface area contributed by atoms with Crippen molar-refractivity contribution in [2.75, 3.05) is 0 Å². The zero-order valence-corrected chi connectivity index (χ0v) is 14.1. The molecule has 2 aliphatic heterocycles. The first-order chi connectivity index (χ1) is 11.2. The van der Waals surface area contributed by atoms with E-state index in [0.717, 1.165) is 11.1 Å². The molecule has 1 aromatic rings. The van der Waals surface area contributed by atoms with E-state index in [1.54, 1.807) is 0 Å². The van der Waals surface area contributed by atoms with Crippen molar-refractivity contribution in [3.63, 3.8) is 0 Å². The van der Waals surface area contributed by atoms with Crippen molar-refractivity contribution < 1.29 is 14.3 Å². The van der Waals surface area contributed by atoms with Crippen LogP contribution in [0.4, 0.5) is 0 Å². The van der Waals surface area contributed by atoms with Crippen LogP contribution in [0.1, 0.15) is 44.7 Å². The maximum atomic E-state index is 13.1. The minimum Gasteiger partial charge on any atom is -0.448 e. The van der Waals surface area contributed by atoms with E-state index in [1.165, 1.54) is 5.01 Å². The number of amidine groups is 1. The molecular weight excluding hydrogens is 306 g/mol. The van der Waals surface area contributed by atoms with Gasteiger partial charge in [0.2, 0.25) is 0 Å². The van der Waals surface area contributed by atoms with Crippen LogP contribution in [0.25, 0.3) is 0 Å². The van der Waals surface area contributed by atoms with Crippen molar-refractivity contribution in [3.05, 3.63) is 35.4 Å². The molecule has 2 atom stereocenters. The standard InChI is InChI=1S/C18H21N3O3/c1-16(2)17(3)8-9-18(16,24-15(17)23)14(22)20-21-10-11-6-4-5-7-12(11)13(21)19/h4-7,19H,8-10H2,1-3H3,(H,20,22)/t17-,18+/m1/s1. The van der Waals surface area contributed by atoms with Gasteiger partial charge in [-0.25, -0.2) is 0 Å². The fourth-order valence-electron chi connectivity index (χ4n) is 4.34. The summed E-state index contributed by atoms with van der Waals surface area (Å²) in [6.45, 7) is 6.18. The van der Waals surface area contributed by atoms with Gasteiger partial charge in [0.25, 0.3) is 5.91 Å². The Balaban J connectivity index is 1.61. The summed E-state index contributed by atoms with van der Waals surface area (Å²) in [5.74, 6) is -0.369. The first-order valence-corrected chi connectivity index (χ1v) is 8.22. The highest BCUT2D eigenvalue weighted by Gasteiger charge is 2.75. The molecule has 1 saturated carbocycles. The van der Waals surface area contributed by atoms with Gasteiger partial charge in [-0.3, -0.25) is 25.4 Å². The minimum atomic E-state index is -1.16. The molecule has 2 fully saturated rings. The molecule has 0 spiro atoms. The van der Waals surface area contributed by atoms with Crippen LogP contribution in [-0.4, -0.2) is 28.3 Å². The maximum Gasteiger partial charge on any atom is 0.313 e. The second kappa shape index (κ2) is 4.37. The number of nitrogens with one attached hydrogen (secondary N) is 2. The fourth-order valence-corrected chi connectivity index (χ4v) is 4.34. The number of rotatable bonds is 2. The molecule has 2 heterocycles. The van der Waals surface area contributed by atoms with Gasteiger partial charge in [-0.2, -0.15) is 0 Å². The van der Waals surface area contributed by atoms with E-state index in [2.05, 4.69) is 5.43 Å². The Hall–Kier alpha value is -2.37. The highest BCUT2D eigenvalue weighted by Crippen LogP contribution is 2.65. The Morgan fingerprint density at radius 2 is 1.96 bits per heavy atom. The smallest absolute Gasteiger partial charge is 0.313 e. The third-order valence-electron chi connectivity index (χ3n) is 6.56. The largest absolute Gasteiger partial charge is 0.448 e. The van der Waals surface area contributed by atoms with E-state index in [1.807, 2.05) is 45.0 Å². The Kier molecular flexibility index (Phi) is 2.77. The summed E-state index contributed by atoms with van der Waals surface area (Å²) < 4.78 is 5.60. The molecule has 6 heteroatoms.